The Kier molecular flexibility index (Phi) is 5.58. The van der Waals surface area contributed by atoms with Gasteiger partial charge in [-0.25, -0.2) is 9.98 Å². The van der Waals surface area contributed by atoms with Gasteiger partial charge in [0, 0.05) is 25.4 Å². The lowest BCUT2D eigenvalue weighted by Crippen LogP contribution is -2.33. The number of fused-ring (bicyclic) bond motifs is 1. The van der Waals surface area contributed by atoms with Crippen molar-refractivity contribution in [2.75, 3.05) is 20.8 Å². The Labute approximate surface area is 152 Å². The topological polar surface area (TPSA) is 86.2 Å². The van der Waals surface area contributed by atoms with Gasteiger partial charge in [-0.2, -0.15) is 0 Å². The summed E-state index contributed by atoms with van der Waals surface area (Å²) in [4.78, 5) is 8.92. The summed E-state index contributed by atoms with van der Waals surface area (Å²) in [5.41, 5.74) is 8.89. The minimum absolute atomic E-state index is 0.406. The minimum atomic E-state index is 0.406. The van der Waals surface area contributed by atoms with Gasteiger partial charge in [0.15, 0.2) is 17.5 Å². The molecule has 0 unspecified atom stereocenters. The molecule has 0 bridgehead atoms. The average Bonchev–Trinajstić information content (AvgIpc) is 3.08. The Morgan fingerprint density at radius 3 is 2.81 bits per heavy atom. The smallest absolute Gasteiger partial charge is 0.188 e. The summed E-state index contributed by atoms with van der Waals surface area (Å²) in [5.74, 6) is 1.78. The largest absolute Gasteiger partial charge is 0.493 e. The third-order valence-electron chi connectivity index (χ3n) is 3.98. The van der Waals surface area contributed by atoms with Gasteiger partial charge in [0.2, 0.25) is 0 Å². The molecule has 26 heavy (non-hydrogen) atoms. The number of hydrogen-bond donors (Lipinski definition) is 2. The van der Waals surface area contributed by atoms with Crippen molar-refractivity contribution in [3.05, 3.63) is 60.0 Å². The second-order valence-corrected chi connectivity index (χ2v) is 5.77. The molecule has 2 aromatic heterocycles. The first-order valence-corrected chi connectivity index (χ1v) is 8.37. The number of imidazole rings is 1. The van der Waals surface area contributed by atoms with Crippen molar-refractivity contribution in [3.8, 4) is 11.5 Å². The molecule has 0 aliphatic rings. The second kappa shape index (κ2) is 8.24. The zero-order chi connectivity index (χ0) is 18.4. The van der Waals surface area contributed by atoms with E-state index in [0.29, 0.717) is 30.5 Å². The fraction of sp³-hybridized carbons (Fsp3) is 0.263. The Morgan fingerprint density at radius 1 is 1.19 bits per heavy atom. The van der Waals surface area contributed by atoms with Crippen LogP contribution in [0.15, 0.2) is 53.8 Å². The molecule has 3 N–H and O–H groups in total. The second-order valence-electron chi connectivity index (χ2n) is 5.77. The molecule has 1 aromatic carbocycles. The lowest BCUT2D eigenvalue weighted by Gasteiger charge is -2.09. The molecule has 0 radical (unpaired) electrons. The molecule has 0 amide bonds. The van der Waals surface area contributed by atoms with Crippen molar-refractivity contribution in [3.63, 3.8) is 0 Å². The van der Waals surface area contributed by atoms with Crippen LogP contribution in [0.25, 0.3) is 5.65 Å². The third-order valence-corrected chi connectivity index (χ3v) is 3.98. The lowest BCUT2D eigenvalue weighted by molar-refractivity contribution is 0.354. The molecule has 0 aliphatic carbocycles. The molecule has 0 saturated heterocycles. The SMILES string of the molecule is COc1ccc(CN=C(N)NCCc2cn3ccccc3n2)cc1OC. The van der Waals surface area contributed by atoms with Crippen molar-refractivity contribution in [2.24, 2.45) is 10.7 Å². The van der Waals surface area contributed by atoms with Crippen LogP contribution in [-0.4, -0.2) is 36.1 Å². The molecule has 0 saturated carbocycles. The highest BCUT2D eigenvalue weighted by Gasteiger charge is 2.04. The van der Waals surface area contributed by atoms with Crippen LogP contribution in [0.1, 0.15) is 11.3 Å². The molecule has 0 spiro atoms. The maximum atomic E-state index is 5.94. The van der Waals surface area contributed by atoms with E-state index >= 15 is 0 Å². The quantitative estimate of drug-likeness (QED) is 0.501. The molecule has 7 heteroatoms. The van der Waals surface area contributed by atoms with Gasteiger partial charge in [-0.05, 0) is 29.8 Å². The van der Waals surface area contributed by atoms with Gasteiger partial charge < -0.3 is 24.9 Å². The average molecular weight is 353 g/mol. The number of aliphatic imine (C=N–C) groups is 1. The van der Waals surface area contributed by atoms with E-state index in [9.17, 15) is 0 Å². The summed E-state index contributed by atoms with van der Waals surface area (Å²) in [6.07, 6.45) is 4.78. The van der Waals surface area contributed by atoms with Gasteiger partial charge in [-0.3, -0.25) is 0 Å². The van der Waals surface area contributed by atoms with E-state index in [-0.39, 0.29) is 0 Å². The summed E-state index contributed by atoms with van der Waals surface area (Å²) < 4.78 is 12.5. The van der Waals surface area contributed by atoms with Crippen LogP contribution in [-0.2, 0) is 13.0 Å². The van der Waals surface area contributed by atoms with Crippen LogP contribution in [0.5, 0.6) is 11.5 Å². The number of nitrogens with two attached hydrogens (primary N) is 1. The summed E-state index contributed by atoms with van der Waals surface area (Å²) >= 11 is 0. The molecular formula is C19H23N5O2. The first-order chi connectivity index (χ1) is 12.7. The number of benzene rings is 1. The summed E-state index contributed by atoms with van der Waals surface area (Å²) in [6.45, 7) is 1.14. The number of guanidine groups is 1. The van der Waals surface area contributed by atoms with Crippen LogP contribution >= 0.6 is 0 Å². The summed E-state index contributed by atoms with van der Waals surface area (Å²) in [6, 6.07) is 11.6. The van der Waals surface area contributed by atoms with Gasteiger partial charge in [-0.1, -0.05) is 12.1 Å². The molecule has 0 fully saturated rings. The van der Waals surface area contributed by atoms with Crippen LogP contribution in [0, 0.1) is 0 Å². The number of nitrogens with zero attached hydrogens (tertiary/aromatic N) is 3. The fourth-order valence-corrected chi connectivity index (χ4v) is 2.64. The molecule has 2 heterocycles. The molecule has 3 rings (SSSR count). The number of methoxy groups -OCH3 is 2. The highest BCUT2D eigenvalue weighted by molar-refractivity contribution is 5.77. The molecule has 3 aromatic rings. The van der Waals surface area contributed by atoms with E-state index in [4.69, 9.17) is 15.2 Å². The Morgan fingerprint density at radius 2 is 2.04 bits per heavy atom. The van der Waals surface area contributed by atoms with E-state index in [1.807, 2.05) is 53.2 Å². The lowest BCUT2D eigenvalue weighted by atomic mass is 10.2. The maximum absolute atomic E-state index is 5.94. The molecule has 7 nitrogen and oxygen atoms in total. The van der Waals surface area contributed by atoms with Crippen molar-refractivity contribution < 1.29 is 9.47 Å². The maximum Gasteiger partial charge on any atom is 0.188 e. The fourth-order valence-electron chi connectivity index (χ4n) is 2.64. The number of hydrogen-bond acceptors (Lipinski definition) is 4. The van der Waals surface area contributed by atoms with Crippen molar-refractivity contribution in [1.29, 1.82) is 0 Å². The van der Waals surface area contributed by atoms with Gasteiger partial charge in [0.05, 0.1) is 26.5 Å². The molecule has 0 aliphatic heterocycles. The zero-order valence-corrected chi connectivity index (χ0v) is 15.0. The highest BCUT2D eigenvalue weighted by Crippen LogP contribution is 2.27. The van der Waals surface area contributed by atoms with E-state index in [1.165, 1.54) is 0 Å². The summed E-state index contributed by atoms with van der Waals surface area (Å²) in [7, 11) is 3.22. The first kappa shape index (κ1) is 17.6. The van der Waals surface area contributed by atoms with Crippen LogP contribution in [0.2, 0.25) is 0 Å². The van der Waals surface area contributed by atoms with Gasteiger partial charge in [0.25, 0.3) is 0 Å². The van der Waals surface area contributed by atoms with Gasteiger partial charge in [-0.15, -0.1) is 0 Å². The van der Waals surface area contributed by atoms with Crippen molar-refractivity contribution in [2.45, 2.75) is 13.0 Å². The van der Waals surface area contributed by atoms with Crippen LogP contribution < -0.4 is 20.5 Å². The molecular weight excluding hydrogens is 330 g/mol. The number of ether oxygens (including phenoxy) is 2. The zero-order valence-electron chi connectivity index (χ0n) is 15.0. The Bertz CT molecular complexity index is 871. The van der Waals surface area contributed by atoms with E-state index < -0.39 is 0 Å². The minimum Gasteiger partial charge on any atom is -0.493 e. The third kappa shape index (κ3) is 4.24. The number of nitrogens with one attached hydrogen (secondary N) is 1. The van der Waals surface area contributed by atoms with Crippen LogP contribution in [0.4, 0.5) is 0 Å². The van der Waals surface area contributed by atoms with Gasteiger partial charge >= 0.3 is 0 Å². The standard InChI is InChI=1S/C19H23N5O2/c1-25-16-7-6-14(11-17(16)26-2)12-22-19(20)21-9-8-15-13-24-10-4-3-5-18(24)23-15/h3-7,10-11,13H,8-9,12H2,1-2H3,(H3,20,21,22). The summed E-state index contributed by atoms with van der Waals surface area (Å²) in [5, 5.41) is 3.12. The van der Waals surface area contributed by atoms with E-state index in [0.717, 1.165) is 23.3 Å². The van der Waals surface area contributed by atoms with Gasteiger partial charge in [0.1, 0.15) is 5.65 Å². The predicted octanol–water partition coefficient (Wildman–Crippen LogP) is 2.00. The van der Waals surface area contributed by atoms with E-state index in [2.05, 4.69) is 15.3 Å². The Hall–Kier alpha value is -3.22. The monoisotopic (exact) mass is 353 g/mol. The Balaban J connectivity index is 1.52. The first-order valence-electron chi connectivity index (χ1n) is 8.37. The van der Waals surface area contributed by atoms with Crippen LogP contribution in [0.3, 0.4) is 0 Å². The predicted molar refractivity (Wildman–Crippen MR) is 102 cm³/mol. The normalized spacial score (nSPS) is 11.5. The van der Waals surface area contributed by atoms with E-state index in [1.54, 1.807) is 14.2 Å². The number of rotatable bonds is 7. The number of pyridine rings is 1. The number of aromatic nitrogens is 2. The van der Waals surface area contributed by atoms with Crippen molar-refractivity contribution >= 4 is 11.6 Å². The molecule has 0 atom stereocenters. The molecule has 136 valence electrons. The highest BCUT2D eigenvalue weighted by atomic mass is 16.5. The van der Waals surface area contributed by atoms with Crippen molar-refractivity contribution in [1.82, 2.24) is 14.7 Å².